The van der Waals surface area contributed by atoms with E-state index in [-0.39, 0.29) is 4.90 Å². The molecule has 0 aliphatic heterocycles. The van der Waals surface area contributed by atoms with Gasteiger partial charge in [0.25, 0.3) is 10.0 Å². The van der Waals surface area contributed by atoms with E-state index >= 15 is 0 Å². The molecule has 3 N–H and O–H groups in total. The Morgan fingerprint density at radius 2 is 2.05 bits per heavy atom. The molecule has 1 aromatic carbocycles. The molecule has 0 bridgehead atoms. The highest BCUT2D eigenvalue weighted by Gasteiger charge is 2.18. The first kappa shape index (κ1) is 15.1. The summed E-state index contributed by atoms with van der Waals surface area (Å²) in [7, 11) is -3.61. The molecule has 0 saturated heterocycles. The minimum atomic E-state index is -3.61. The van der Waals surface area contributed by atoms with Crippen LogP contribution >= 0.6 is 15.9 Å². The molecule has 1 heterocycles. The van der Waals surface area contributed by atoms with Crippen molar-refractivity contribution in [3.8, 4) is 0 Å². The maximum atomic E-state index is 12.4. The molecule has 2 rings (SSSR count). The highest BCUT2D eigenvalue weighted by molar-refractivity contribution is 9.10. The van der Waals surface area contributed by atoms with Crippen molar-refractivity contribution >= 4 is 31.6 Å². The molecule has 0 radical (unpaired) electrons. The number of anilines is 1. The summed E-state index contributed by atoms with van der Waals surface area (Å²) < 4.78 is 29.8. The van der Waals surface area contributed by atoms with E-state index in [1.807, 2.05) is 17.6 Å². The van der Waals surface area contributed by atoms with Gasteiger partial charge < -0.3 is 10.3 Å². The molecule has 2 aromatic rings. The second kappa shape index (κ2) is 5.99. The molecule has 0 unspecified atom stereocenters. The minimum absolute atomic E-state index is 0.218. The number of hydrogen-bond donors (Lipinski definition) is 2. The van der Waals surface area contributed by atoms with Crippen LogP contribution in [0.4, 0.5) is 5.69 Å². The van der Waals surface area contributed by atoms with E-state index in [4.69, 9.17) is 5.73 Å². The SMILES string of the molecule is CCn1cc(S(=O)(=O)Nc2ccccc2Br)cc1CN. The van der Waals surface area contributed by atoms with Gasteiger partial charge >= 0.3 is 0 Å². The van der Waals surface area contributed by atoms with Crippen LogP contribution in [0.15, 0.2) is 45.9 Å². The Hall–Kier alpha value is -1.31. The van der Waals surface area contributed by atoms with Gasteiger partial charge in [-0.05, 0) is 41.1 Å². The number of benzene rings is 1. The molecule has 0 aliphatic carbocycles. The van der Waals surface area contributed by atoms with Crippen molar-refractivity contribution in [3.05, 3.63) is 46.7 Å². The smallest absolute Gasteiger partial charge is 0.263 e. The van der Waals surface area contributed by atoms with Crippen LogP contribution in [0, 0.1) is 0 Å². The summed E-state index contributed by atoms with van der Waals surface area (Å²) in [5, 5.41) is 0. The fraction of sp³-hybridized carbons (Fsp3) is 0.231. The Kier molecular flexibility index (Phi) is 4.52. The van der Waals surface area contributed by atoms with E-state index in [0.717, 1.165) is 5.69 Å². The number of nitrogens with two attached hydrogens (primary N) is 1. The summed E-state index contributed by atoms with van der Waals surface area (Å²) in [6, 6.07) is 8.67. The predicted molar refractivity (Wildman–Crippen MR) is 82.9 cm³/mol. The lowest BCUT2D eigenvalue weighted by molar-refractivity contribution is 0.600. The van der Waals surface area contributed by atoms with Crippen molar-refractivity contribution in [3.63, 3.8) is 0 Å². The van der Waals surface area contributed by atoms with Crippen molar-refractivity contribution in [2.75, 3.05) is 4.72 Å². The molecule has 0 spiro atoms. The third kappa shape index (κ3) is 3.05. The van der Waals surface area contributed by atoms with Crippen molar-refractivity contribution in [2.45, 2.75) is 24.9 Å². The van der Waals surface area contributed by atoms with Gasteiger partial charge in [0.2, 0.25) is 0 Å². The lowest BCUT2D eigenvalue weighted by Gasteiger charge is -2.08. The summed E-state index contributed by atoms with van der Waals surface area (Å²) in [5.41, 5.74) is 6.91. The predicted octanol–water partition coefficient (Wildman–Crippen LogP) is 2.53. The normalized spacial score (nSPS) is 11.6. The van der Waals surface area contributed by atoms with E-state index in [1.165, 1.54) is 0 Å². The molecule has 0 amide bonds. The standard InChI is InChI=1S/C13H16BrN3O2S/c1-2-17-9-11(7-10(17)8-15)20(18,19)16-13-6-4-3-5-12(13)14/h3-7,9,16H,2,8,15H2,1H3. The largest absolute Gasteiger partial charge is 0.349 e. The molecule has 5 nitrogen and oxygen atoms in total. The van der Waals surface area contributed by atoms with Crippen LogP contribution < -0.4 is 10.5 Å². The minimum Gasteiger partial charge on any atom is -0.349 e. The zero-order valence-corrected chi connectivity index (χ0v) is 13.4. The van der Waals surface area contributed by atoms with Crippen LogP contribution in [0.3, 0.4) is 0 Å². The first-order valence-corrected chi connectivity index (χ1v) is 8.42. The molecule has 20 heavy (non-hydrogen) atoms. The molecule has 1 aromatic heterocycles. The summed E-state index contributed by atoms with van der Waals surface area (Å²) >= 11 is 3.32. The number of aryl methyl sites for hydroxylation is 1. The van der Waals surface area contributed by atoms with Crippen molar-refractivity contribution in [2.24, 2.45) is 5.73 Å². The van der Waals surface area contributed by atoms with Crippen LogP contribution in [-0.4, -0.2) is 13.0 Å². The van der Waals surface area contributed by atoms with Gasteiger partial charge in [-0.25, -0.2) is 8.42 Å². The van der Waals surface area contributed by atoms with E-state index in [9.17, 15) is 8.42 Å². The van der Waals surface area contributed by atoms with Crippen molar-refractivity contribution in [1.82, 2.24) is 4.57 Å². The summed E-state index contributed by atoms with van der Waals surface area (Å²) in [5.74, 6) is 0. The van der Waals surface area contributed by atoms with Gasteiger partial charge in [0.15, 0.2) is 0 Å². The molecule has 0 aliphatic rings. The summed E-state index contributed by atoms with van der Waals surface area (Å²) in [4.78, 5) is 0.218. The highest BCUT2D eigenvalue weighted by atomic mass is 79.9. The molecule has 7 heteroatoms. The van der Waals surface area contributed by atoms with Crippen LogP contribution in [0.2, 0.25) is 0 Å². The maximum absolute atomic E-state index is 12.4. The summed E-state index contributed by atoms with van der Waals surface area (Å²) in [6.45, 7) is 2.92. The van der Waals surface area contributed by atoms with Gasteiger partial charge in [0.1, 0.15) is 4.90 Å². The monoisotopic (exact) mass is 357 g/mol. The quantitative estimate of drug-likeness (QED) is 0.862. The van der Waals surface area contributed by atoms with Gasteiger partial charge in [-0.15, -0.1) is 0 Å². The topological polar surface area (TPSA) is 77.1 Å². The summed E-state index contributed by atoms with van der Waals surface area (Å²) in [6.07, 6.45) is 1.60. The van der Waals surface area contributed by atoms with Crippen molar-refractivity contribution < 1.29 is 8.42 Å². The van der Waals surface area contributed by atoms with Crippen LogP contribution in [0.25, 0.3) is 0 Å². The second-order valence-corrected chi connectivity index (χ2v) is 6.78. The first-order chi connectivity index (χ1) is 9.47. The fourth-order valence-corrected chi connectivity index (χ4v) is 3.54. The number of nitrogens with one attached hydrogen (secondary N) is 1. The molecular formula is C13H16BrN3O2S. The van der Waals surface area contributed by atoms with Gasteiger partial charge in [-0.1, -0.05) is 12.1 Å². The Morgan fingerprint density at radius 3 is 2.60 bits per heavy atom. The Bertz CT molecular complexity index is 689. The van der Waals surface area contributed by atoms with E-state index in [2.05, 4.69) is 20.7 Å². The fourth-order valence-electron chi connectivity index (χ4n) is 1.89. The molecule has 0 atom stereocenters. The zero-order chi connectivity index (χ0) is 14.8. The third-order valence-electron chi connectivity index (χ3n) is 2.94. The zero-order valence-electron chi connectivity index (χ0n) is 11.0. The first-order valence-electron chi connectivity index (χ1n) is 6.14. The van der Waals surface area contributed by atoms with Crippen LogP contribution in [0.5, 0.6) is 0 Å². The number of aromatic nitrogens is 1. The van der Waals surface area contributed by atoms with Gasteiger partial charge in [0.05, 0.1) is 5.69 Å². The third-order valence-corrected chi connectivity index (χ3v) is 4.96. The molecule has 0 saturated carbocycles. The second-order valence-electron chi connectivity index (χ2n) is 4.24. The number of hydrogen-bond acceptors (Lipinski definition) is 3. The maximum Gasteiger partial charge on any atom is 0.263 e. The Morgan fingerprint density at radius 1 is 1.35 bits per heavy atom. The molecule has 108 valence electrons. The van der Waals surface area contributed by atoms with Gasteiger partial charge in [-0.3, -0.25) is 4.72 Å². The Balaban J connectivity index is 2.36. The Labute approximate surface area is 127 Å². The number of halogens is 1. The lowest BCUT2D eigenvalue weighted by Crippen LogP contribution is -2.12. The average Bonchev–Trinajstić information content (AvgIpc) is 2.85. The lowest BCUT2D eigenvalue weighted by atomic mass is 10.3. The van der Waals surface area contributed by atoms with Gasteiger partial charge in [-0.2, -0.15) is 0 Å². The number of rotatable bonds is 5. The number of para-hydroxylation sites is 1. The van der Waals surface area contributed by atoms with Crippen LogP contribution in [-0.2, 0) is 23.1 Å². The molecule has 0 fully saturated rings. The van der Waals surface area contributed by atoms with Gasteiger partial charge in [0, 0.05) is 29.5 Å². The number of nitrogens with zero attached hydrogens (tertiary/aromatic N) is 1. The number of sulfonamides is 1. The van der Waals surface area contributed by atoms with Crippen molar-refractivity contribution in [1.29, 1.82) is 0 Å². The average molecular weight is 358 g/mol. The molecular weight excluding hydrogens is 342 g/mol. The van der Waals surface area contributed by atoms with E-state index < -0.39 is 10.0 Å². The van der Waals surface area contributed by atoms with E-state index in [1.54, 1.807) is 30.5 Å². The van der Waals surface area contributed by atoms with E-state index in [0.29, 0.717) is 23.2 Å². The van der Waals surface area contributed by atoms with Crippen LogP contribution in [0.1, 0.15) is 12.6 Å². The highest BCUT2D eigenvalue weighted by Crippen LogP contribution is 2.25.